The van der Waals surface area contributed by atoms with Gasteiger partial charge in [0, 0.05) is 5.56 Å². The molecule has 21 heavy (non-hydrogen) atoms. The number of halogens is 1. The number of rotatable bonds is 4. The molecule has 0 bridgehead atoms. The van der Waals surface area contributed by atoms with Gasteiger partial charge in [-0.15, -0.1) is 0 Å². The predicted octanol–water partition coefficient (Wildman–Crippen LogP) is 2.57. The second-order valence-electron chi connectivity index (χ2n) is 4.43. The predicted molar refractivity (Wildman–Crippen MR) is 84.3 cm³/mol. The Bertz CT molecular complexity index is 767. The van der Waals surface area contributed by atoms with Gasteiger partial charge < -0.3 is 5.73 Å². The van der Waals surface area contributed by atoms with Crippen molar-refractivity contribution in [2.24, 2.45) is 5.73 Å². The number of thiocarbonyl (C=S) groups is 1. The Kier molecular flexibility index (Phi) is 4.24. The highest BCUT2D eigenvalue weighted by Gasteiger charge is 2.17. The normalized spacial score (nSPS) is 11.1. The minimum Gasteiger partial charge on any atom is -0.389 e. The first-order chi connectivity index (χ1) is 9.81. The molecule has 0 aliphatic heterocycles. The zero-order chi connectivity index (χ0) is 15.6. The van der Waals surface area contributed by atoms with Gasteiger partial charge in [0.25, 0.3) is 10.0 Å². The molecule has 0 heterocycles. The van der Waals surface area contributed by atoms with Crippen molar-refractivity contribution in [3.63, 3.8) is 0 Å². The third kappa shape index (κ3) is 3.37. The molecule has 0 aromatic heterocycles. The molecule has 0 atom stereocenters. The quantitative estimate of drug-likeness (QED) is 0.848. The van der Waals surface area contributed by atoms with E-state index in [2.05, 4.69) is 4.72 Å². The van der Waals surface area contributed by atoms with E-state index in [1.807, 2.05) is 0 Å². The molecule has 7 heteroatoms. The van der Waals surface area contributed by atoms with Crippen molar-refractivity contribution in [3.05, 3.63) is 59.4 Å². The van der Waals surface area contributed by atoms with E-state index in [1.165, 1.54) is 36.4 Å². The second kappa shape index (κ2) is 5.79. The Hall–Kier alpha value is -1.99. The number of hydrogen-bond acceptors (Lipinski definition) is 3. The van der Waals surface area contributed by atoms with Gasteiger partial charge in [-0.05, 0) is 30.7 Å². The first-order valence-corrected chi connectivity index (χ1v) is 7.88. The first kappa shape index (κ1) is 15.4. The highest BCUT2D eigenvalue weighted by atomic mass is 32.2. The van der Waals surface area contributed by atoms with Crippen molar-refractivity contribution in [2.45, 2.75) is 11.8 Å². The molecule has 110 valence electrons. The number of para-hydroxylation sites is 1. The molecule has 2 aromatic carbocycles. The number of nitrogens with two attached hydrogens (primary N) is 1. The van der Waals surface area contributed by atoms with Gasteiger partial charge >= 0.3 is 0 Å². The Balaban J connectivity index is 2.36. The van der Waals surface area contributed by atoms with Crippen LogP contribution in [-0.2, 0) is 10.0 Å². The van der Waals surface area contributed by atoms with E-state index in [-0.39, 0.29) is 15.6 Å². The summed E-state index contributed by atoms with van der Waals surface area (Å²) in [5.74, 6) is -0.627. The standard InChI is InChI=1S/C14H13FN2O2S2/c1-9-3-2-4-12(15)13(9)17-21(18,19)11-7-5-10(6-8-11)14(16)20/h2-8,17H,1H3,(H2,16,20). The van der Waals surface area contributed by atoms with Crippen LogP contribution in [0.4, 0.5) is 10.1 Å². The van der Waals surface area contributed by atoms with Gasteiger partial charge in [-0.3, -0.25) is 4.72 Å². The lowest BCUT2D eigenvalue weighted by atomic mass is 10.2. The Morgan fingerprint density at radius 2 is 1.81 bits per heavy atom. The minimum absolute atomic E-state index is 0.00477. The molecule has 0 saturated heterocycles. The molecule has 0 aliphatic carbocycles. The fraction of sp³-hybridized carbons (Fsp3) is 0.0714. The van der Waals surface area contributed by atoms with Crippen LogP contribution in [0.2, 0.25) is 0 Å². The molecule has 0 radical (unpaired) electrons. The maximum atomic E-state index is 13.7. The van der Waals surface area contributed by atoms with E-state index in [4.69, 9.17) is 18.0 Å². The average Bonchev–Trinajstić information content (AvgIpc) is 2.43. The molecule has 2 aromatic rings. The topological polar surface area (TPSA) is 72.2 Å². The highest BCUT2D eigenvalue weighted by molar-refractivity contribution is 7.92. The molecule has 0 spiro atoms. The van der Waals surface area contributed by atoms with Gasteiger partial charge in [-0.2, -0.15) is 0 Å². The van der Waals surface area contributed by atoms with Crippen molar-refractivity contribution in [1.29, 1.82) is 0 Å². The number of anilines is 1. The molecule has 0 fully saturated rings. The van der Waals surface area contributed by atoms with Crippen molar-refractivity contribution >= 4 is 32.9 Å². The van der Waals surface area contributed by atoms with E-state index in [1.54, 1.807) is 13.0 Å². The summed E-state index contributed by atoms with van der Waals surface area (Å²) >= 11 is 4.80. The zero-order valence-electron chi connectivity index (χ0n) is 11.1. The number of sulfonamides is 1. The minimum atomic E-state index is -3.87. The third-order valence-electron chi connectivity index (χ3n) is 2.91. The fourth-order valence-electron chi connectivity index (χ4n) is 1.75. The van der Waals surface area contributed by atoms with Gasteiger partial charge in [0.15, 0.2) is 0 Å². The van der Waals surface area contributed by atoms with Crippen LogP contribution in [0.25, 0.3) is 0 Å². The van der Waals surface area contributed by atoms with Gasteiger partial charge in [-0.25, -0.2) is 12.8 Å². The van der Waals surface area contributed by atoms with Gasteiger partial charge in [0.05, 0.1) is 10.6 Å². The van der Waals surface area contributed by atoms with Crippen molar-refractivity contribution < 1.29 is 12.8 Å². The monoisotopic (exact) mass is 324 g/mol. The molecule has 0 aliphatic rings. The van der Waals surface area contributed by atoms with Crippen LogP contribution < -0.4 is 10.5 Å². The van der Waals surface area contributed by atoms with E-state index >= 15 is 0 Å². The Morgan fingerprint density at radius 1 is 1.19 bits per heavy atom. The van der Waals surface area contributed by atoms with Crippen LogP contribution in [0.5, 0.6) is 0 Å². The summed E-state index contributed by atoms with van der Waals surface area (Å²) in [6, 6.07) is 10.1. The molecule has 3 N–H and O–H groups in total. The maximum Gasteiger partial charge on any atom is 0.261 e. The fourth-order valence-corrected chi connectivity index (χ4v) is 3.03. The molecule has 4 nitrogen and oxygen atoms in total. The van der Waals surface area contributed by atoms with Gasteiger partial charge in [0.2, 0.25) is 0 Å². The average molecular weight is 324 g/mol. The van der Waals surface area contributed by atoms with E-state index in [9.17, 15) is 12.8 Å². The lowest BCUT2D eigenvalue weighted by Crippen LogP contribution is -2.15. The number of nitrogens with one attached hydrogen (secondary N) is 1. The third-order valence-corrected chi connectivity index (χ3v) is 4.51. The molecule has 0 unspecified atom stereocenters. The van der Waals surface area contributed by atoms with Crippen molar-refractivity contribution in [1.82, 2.24) is 0 Å². The van der Waals surface area contributed by atoms with Gasteiger partial charge in [-0.1, -0.05) is 36.5 Å². The number of benzene rings is 2. The van der Waals surface area contributed by atoms with Crippen molar-refractivity contribution in [3.8, 4) is 0 Å². The molecule has 0 amide bonds. The number of aryl methyl sites for hydroxylation is 1. The summed E-state index contributed by atoms with van der Waals surface area (Å²) in [6.45, 7) is 1.62. The van der Waals surface area contributed by atoms with Crippen LogP contribution in [0.15, 0.2) is 47.4 Å². The Labute approximate surface area is 127 Å². The maximum absolute atomic E-state index is 13.7. The summed E-state index contributed by atoms with van der Waals surface area (Å²) in [6.07, 6.45) is 0. The Morgan fingerprint density at radius 3 is 2.33 bits per heavy atom. The summed E-state index contributed by atoms with van der Waals surface area (Å²) in [5.41, 5.74) is 6.45. The largest absolute Gasteiger partial charge is 0.389 e. The van der Waals surface area contributed by atoms with Crippen LogP contribution in [0.1, 0.15) is 11.1 Å². The summed E-state index contributed by atoms with van der Waals surface area (Å²) in [5, 5.41) is 0. The summed E-state index contributed by atoms with van der Waals surface area (Å²) < 4.78 is 40.4. The molecular weight excluding hydrogens is 311 g/mol. The first-order valence-electron chi connectivity index (χ1n) is 5.99. The lowest BCUT2D eigenvalue weighted by Gasteiger charge is -2.11. The number of hydrogen-bond donors (Lipinski definition) is 2. The van der Waals surface area contributed by atoms with E-state index in [0.717, 1.165) is 0 Å². The highest BCUT2D eigenvalue weighted by Crippen LogP contribution is 2.23. The van der Waals surface area contributed by atoms with Gasteiger partial charge in [0.1, 0.15) is 10.8 Å². The molecule has 0 saturated carbocycles. The van der Waals surface area contributed by atoms with E-state index < -0.39 is 15.8 Å². The molecular formula is C14H13FN2O2S2. The lowest BCUT2D eigenvalue weighted by molar-refractivity contribution is 0.598. The van der Waals surface area contributed by atoms with Crippen LogP contribution >= 0.6 is 12.2 Å². The summed E-state index contributed by atoms with van der Waals surface area (Å²) in [7, 11) is -3.87. The second-order valence-corrected chi connectivity index (χ2v) is 6.55. The van der Waals surface area contributed by atoms with Crippen LogP contribution in [-0.4, -0.2) is 13.4 Å². The van der Waals surface area contributed by atoms with E-state index in [0.29, 0.717) is 11.1 Å². The zero-order valence-corrected chi connectivity index (χ0v) is 12.8. The SMILES string of the molecule is Cc1cccc(F)c1NS(=O)(=O)c1ccc(C(N)=S)cc1. The molecule has 2 rings (SSSR count). The van der Waals surface area contributed by atoms with Crippen LogP contribution in [0.3, 0.4) is 0 Å². The smallest absolute Gasteiger partial charge is 0.261 e. The van der Waals surface area contributed by atoms with Crippen LogP contribution in [0, 0.1) is 12.7 Å². The summed E-state index contributed by atoms with van der Waals surface area (Å²) in [4.78, 5) is 0.182. The van der Waals surface area contributed by atoms with Crippen molar-refractivity contribution in [2.75, 3.05) is 4.72 Å².